The lowest BCUT2D eigenvalue weighted by Gasteiger charge is -2.25. The number of aromatic nitrogens is 2. The quantitative estimate of drug-likeness (QED) is 0.492. The van der Waals surface area contributed by atoms with Crippen LogP contribution in [-0.4, -0.2) is 28.4 Å². The van der Waals surface area contributed by atoms with Gasteiger partial charge in [-0.3, -0.25) is 14.3 Å². The molecule has 1 saturated heterocycles. The monoisotopic (exact) mass is 431 g/mol. The van der Waals surface area contributed by atoms with Crippen molar-refractivity contribution in [2.24, 2.45) is 7.05 Å². The van der Waals surface area contributed by atoms with Crippen LogP contribution >= 0.6 is 0 Å². The van der Waals surface area contributed by atoms with Gasteiger partial charge in [0.05, 0.1) is 11.4 Å². The van der Waals surface area contributed by atoms with Crippen molar-refractivity contribution in [3.8, 4) is 11.8 Å². The Morgan fingerprint density at radius 3 is 2.53 bits per heavy atom. The van der Waals surface area contributed by atoms with E-state index in [2.05, 4.69) is 10.2 Å². The molecule has 1 fully saturated rings. The van der Waals surface area contributed by atoms with E-state index < -0.39 is 5.91 Å². The maximum atomic E-state index is 13.0. The summed E-state index contributed by atoms with van der Waals surface area (Å²) in [6, 6.07) is 14.7. The van der Waals surface area contributed by atoms with E-state index in [0.717, 1.165) is 31.8 Å². The number of nitrogens with one attached hydrogen (secondary N) is 1. The lowest BCUT2D eigenvalue weighted by Crippen LogP contribution is -2.28. The molecule has 0 aliphatic carbocycles. The van der Waals surface area contributed by atoms with Gasteiger partial charge in [0.25, 0.3) is 11.5 Å². The first-order valence-electron chi connectivity index (χ1n) is 10.6. The average Bonchev–Trinajstić information content (AvgIpc) is 3.37. The number of nitriles is 1. The number of amides is 1. The molecule has 1 N–H and O–H groups in total. The lowest BCUT2D eigenvalue weighted by molar-refractivity contribution is -0.112. The van der Waals surface area contributed by atoms with Crippen molar-refractivity contribution in [1.82, 2.24) is 9.36 Å². The molecule has 0 radical (unpaired) electrons. The fourth-order valence-electron chi connectivity index (χ4n) is 3.89. The number of nitrogens with zero attached hydrogens (tertiary/aromatic N) is 4. The number of piperidine rings is 1. The summed E-state index contributed by atoms with van der Waals surface area (Å²) in [5.41, 5.74) is 0.886. The molecular weight excluding hydrogens is 406 g/mol. The minimum absolute atomic E-state index is 0.135. The molecule has 3 heterocycles. The molecule has 1 amide bonds. The Morgan fingerprint density at radius 1 is 1.12 bits per heavy atom. The second-order valence-electron chi connectivity index (χ2n) is 7.78. The molecule has 0 bridgehead atoms. The normalized spacial score (nSPS) is 14.3. The van der Waals surface area contributed by atoms with Crippen molar-refractivity contribution in [3.63, 3.8) is 0 Å². The summed E-state index contributed by atoms with van der Waals surface area (Å²) in [6.07, 6.45) is 4.85. The van der Waals surface area contributed by atoms with E-state index in [9.17, 15) is 14.9 Å². The highest BCUT2D eigenvalue weighted by molar-refractivity contribution is 6.09. The number of hydrogen-bond acceptors (Lipinski definition) is 5. The van der Waals surface area contributed by atoms with Gasteiger partial charge in [-0.15, -0.1) is 0 Å². The molecule has 3 aromatic rings. The van der Waals surface area contributed by atoms with E-state index in [4.69, 9.17) is 4.42 Å². The van der Waals surface area contributed by atoms with Crippen molar-refractivity contribution in [2.45, 2.75) is 26.2 Å². The Balaban J connectivity index is 1.58. The van der Waals surface area contributed by atoms with Gasteiger partial charge in [0.2, 0.25) is 0 Å². The molecule has 32 heavy (non-hydrogen) atoms. The maximum absolute atomic E-state index is 13.0. The molecule has 1 aliphatic rings. The zero-order chi connectivity index (χ0) is 22.7. The average molecular weight is 431 g/mol. The number of para-hydroxylation sites is 1. The molecule has 2 aromatic heterocycles. The predicted molar refractivity (Wildman–Crippen MR) is 123 cm³/mol. The van der Waals surface area contributed by atoms with Crippen LogP contribution in [0.15, 0.2) is 57.2 Å². The highest BCUT2D eigenvalue weighted by atomic mass is 16.4. The van der Waals surface area contributed by atoms with Gasteiger partial charge in [0.1, 0.15) is 23.1 Å². The van der Waals surface area contributed by atoms with Gasteiger partial charge in [-0.1, -0.05) is 18.2 Å². The summed E-state index contributed by atoms with van der Waals surface area (Å²) in [7, 11) is 1.74. The molecule has 0 atom stereocenters. The van der Waals surface area contributed by atoms with E-state index in [1.54, 1.807) is 24.7 Å². The Labute approximate surface area is 186 Å². The molecule has 0 unspecified atom stereocenters. The molecule has 164 valence electrons. The third-order valence-corrected chi connectivity index (χ3v) is 5.72. The third-order valence-electron chi connectivity index (χ3n) is 5.72. The summed E-state index contributed by atoms with van der Waals surface area (Å²) < 4.78 is 8.97. The largest absolute Gasteiger partial charge is 0.441 e. The van der Waals surface area contributed by atoms with Crippen molar-refractivity contribution >= 4 is 23.6 Å². The molecule has 0 spiro atoms. The van der Waals surface area contributed by atoms with Crippen LogP contribution in [0.5, 0.6) is 0 Å². The number of rotatable bonds is 5. The minimum atomic E-state index is -0.658. The first-order chi connectivity index (χ1) is 15.5. The summed E-state index contributed by atoms with van der Waals surface area (Å²) >= 11 is 0. The minimum Gasteiger partial charge on any atom is -0.441 e. The van der Waals surface area contributed by atoms with E-state index in [1.807, 2.05) is 42.5 Å². The number of carbonyl (C=O) groups is 1. The summed E-state index contributed by atoms with van der Waals surface area (Å²) in [6.45, 7) is 3.61. The van der Waals surface area contributed by atoms with Gasteiger partial charge in [-0.25, -0.2) is 4.68 Å². The van der Waals surface area contributed by atoms with Crippen LogP contribution in [-0.2, 0) is 11.8 Å². The Morgan fingerprint density at radius 2 is 1.84 bits per heavy atom. The predicted octanol–water partition coefficient (Wildman–Crippen LogP) is 3.61. The van der Waals surface area contributed by atoms with Crippen LogP contribution in [0, 0.1) is 18.3 Å². The van der Waals surface area contributed by atoms with E-state index >= 15 is 0 Å². The highest BCUT2D eigenvalue weighted by Gasteiger charge is 2.20. The smallest absolute Gasteiger partial charge is 0.295 e. The van der Waals surface area contributed by atoms with Crippen LogP contribution in [0.2, 0.25) is 0 Å². The number of hydrogen-bond donors (Lipinski definition) is 1. The molecule has 1 aliphatic heterocycles. The van der Waals surface area contributed by atoms with Gasteiger partial charge >= 0.3 is 0 Å². The fraction of sp³-hybridized carbons (Fsp3) is 0.292. The molecular formula is C24H25N5O3. The Kier molecular flexibility index (Phi) is 5.99. The maximum Gasteiger partial charge on any atom is 0.295 e. The van der Waals surface area contributed by atoms with Gasteiger partial charge in [0, 0.05) is 32.3 Å². The third kappa shape index (κ3) is 4.10. The van der Waals surface area contributed by atoms with Gasteiger partial charge in [0.15, 0.2) is 5.88 Å². The van der Waals surface area contributed by atoms with Crippen LogP contribution in [0.4, 0.5) is 11.6 Å². The van der Waals surface area contributed by atoms with Gasteiger partial charge in [-0.05, 0) is 44.4 Å². The van der Waals surface area contributed by atoms with Crippen LogP contribution in [0.3, 0.4) is 0 Å². The second kappa shape index (κ2) is 9.02. The summed E-state index contributed by atoms with van der Waals surface area (Å²) in [4.78, 5) is 28.0. The van der Waals surface area contributed by atoms with Crippen LogP contribution < -0.4 is 15.8 Å². The number of anilines is 2. The van der Waals surface area contributed by atoms with Crippen molar-refractivity contribution in [2.75, 3.05) is 23.3 Å². The zero-order valence-electron chi connectivity index (χ0n) is 18.2. The zero-order valence-corrected chi connectivity index (χ0v) is 18.2. The molecule has 8 heteroatoms. The second-order valence-corrected chi connectivity index (χ2v) is 7.78. The topological polar surface area (TPSA) is 96.2 Å². The van der Waals surface area contributed by atoms with E-state index in [0.29, 0.717) is 17.1 Å². The summed E-state index contributed by atoms with van der Waals surface area (Å²) in [5.74, 6) is 0.497. The van der Waals surface area contributed by atoms with Crippen LogP contribution in [0.1, 0.15) is 30.7 Å². The van der Waals surface area contributed by atoms with Gasteiger partial charge in [-0.2, -0.15) is 5.26 Å². The highest BCUT2D eigenvalue weighted by Crippen LogP contribution is 2.24. The SMILES string of the molecule is Cc1c(NC(=O)/C(C#N)=C\c2ccc(N3CCCCC3)o2)c(=O)n(-c2ccccc2)n1C. The van der Waals surface area contributed by atoms with Crippen molar-refractivity contribution in [1.29, 1.82) is 5.26 Å². The van der Waals surface area contributed by atoms with Crippen molar-refractivity contribution in [3.05, 3.63) is 69.8 Å². The summed E-state index contributed by atoms with van der Waals surface area (Å²) in [5, 5.41) is 12.2. The molecule has 1 aromatic carbocycles. The number of benzene rings is 1. The Bertz CT molecular complexity index is 1250. The van der Waals surface area contributed by atoms with Crippen molar-refractivity contribution < 1.29 is 9.21 Å². The fourth-order valence-corrected chi connectivity index (χ4v) is 3.89. The number of furan rings is 1. The lowest BCUT2D eigenvalue weighted by atomic mass is 10.1. The van der Waals surface area contributed by atoms with E-state index in [1.165, 1.54) is 17.2 Å². The first-order valence-corrected chi connectivity index (χ1v) is 10.6. The molecule has 4 rings (SSSR count). The number of carbonyl (C=O) groups excluding carboxylic acids is 1. The first kappa shape index (κ1) is 21.2. The molecule has 8 nitrogen and oxygen atoms in total. The Hall–Kier alpha value is -3.99. The van der Waals surface area contributed by atoms with Crippen LogP contribution in [0.25, 0.3) is 11.8 Å². The molecule has 0 saturated carbocycles. The van der Waals surface area contributed by atoms with E-state index in [-0.39, 0.29) is 16.8 Å². The standard InChI is InChI=1S/C24H25N5O3/c1-17-22(24(31)29(27(17)2)19-9-5-3-6-10-19)26-23(30)18(16-25)15-20-11-12-21(32-20)28-13-7-4-8-14-28/h3,5-6,9-12,15H,4,7-8,13-14H2,1-2H3,(H,26,30)/b18-15-. The van der Waals surface area contributed by atoms with Gasteiger partial charge < -0.3 is 14.6 Å².